The number of fused-ring (bicyclic) bond motifs is 1. The van der Waals surface area contributed by atoms with E-state index in [0.29, 0.717) is 26.1 Å². The van der Waals surface area contributed by atoms with Gasteiger partial charge in [0.2, 0.25) is 11.8 Å². The highest BCUT2D eigenvalue weighted by molar-refractivity contribution is 5.93. The predicted octanol–water partition coefficient (Wildman–Crippen LogP) is 1.93. The van der Waals surface area contributed by atoms with Crippen LogP contribution in [0.3, 0.4) is 0 Å². The molecule has 30 heavy (non-hydrogen) atoms. The van der Waals surface area contributed by atoms with Crippen LogP contribution in [0.5, 0.6) is 5.75 Å². The molecular weight excluding hydrogens is 384 g/mol. The van der Waals surface area contributed by atoms with Gasteiger partial charge in [0.05, 0.1) is 44.4 Å². The molecule has 156 valence electrons. The van der Waals surface area contributed by atoms with Gasteiger partial charge >= 0.3 is 0 Å². The number of carbonyl (C=O) groups is 2. The van der Waals surface area contributed by atoms with Crippen molar-refractivity contribution in [3.63, 3.8) is 0 Å². The first-order chi connectivity index (χ1) is 14.6. The summed E-state index contributed by atoms with van der Waals surface area (Å²) in [4.78, 5) is 27.9. The lowest BCUT2D eigenvalue weighted by Gasteiger charge is -2.23. The Morgan fingerprint density at radius 3 is 2.87 bits per heavy atom. The molecule has 5 rings (SSSR count). The summed E-state index contributed by atoms with van der Waals surface area (Å²) in [7, 11) is 1.63. The molecule has 0 radical (unpaired) electrons. The van der Waals surface area contributed by atoms with Gasteiger partial charge in [-0.25, -0.2) is 0 Å². The van der Waals surface area contributed by atoms with E-state index in [0.717, 1.165) is 17.1 Å². The summed E-state index contributed by atoms with van der Waals surface area (Å²) < 4.78 is 16.7. The molecule has 2 saturated heterocycles. The lowest BCUT2D eigenvalue weighted by molar-refractivity contribution is -0.138. The third-order valence-electron chi connectivity index (χ3n) is 6.28. The first-order valence-corrected chi connectivity index (χ1v) is 10.2. The second-order valence-electron chi connectivity index (χ2n) is 8.06. The summed E-state index contributed by atoms with van der Waals surface area (Å²) in [6, 6.07) is 11.4. The molecule has 2 amide bonds. The number of benzene rings is 1. The van der Waals surface area contributed by atoms with E-state index in [4.69, 9.17) is 13.9 Å². The summed E-state index contributed by atoms with van der Waals surface area (Å²) in [5.41, 5.74) is 0.407. The van der Waals surface area contributed by atoms with Crippen LogP contribution < -0.4 is 10.1 Å². The molecule has 7 nitrogen and oxygen atoms in total. The van der Waals surface area contributed by atoms with Crippen LogP contribution >= 0.6 is 0 Å². The Morgan fingerprint density at radius 2 is 2.13 bits per heavy atom. The topological polar surface area (TPSA) is 81.0 Å². The SMILES string of the molecule is COc1ccc(CCNC(=O)[C@@H]2[C@H]3C(=O)N(Cc4ccco4)C[C@]34C=C[C@H]2O4)cc1. The van der Waals surface area contributed by atoms with Gasteiger partial charge in [-0.05, 0) is 36.2 Å². The molecular formula is C23H24N2O5. The van der Waals surface area contributed by atoms with Crippen LogP contribution in [0.25, 0.3) is 0 Å². The average molecular weight is 408 g/mol. The number of rotatable bonds is 7. The number of ether oxygens (including phenoxy) is 2. The Labute approximate surface area is 174 Å². The Kier molecular flexibility index (Phi) is 4.62. The summed E-state index contributed by atoms with van der Waals surface area (Å²) >= 11 is 0. The third kappa shape index (κ3) is 3.10. The molecule has 3 aliphatic rings. The zero-order chi connectivity index (χ0) is 20.7. The summed E-state index contributed by atoms with van der Waals surface area (Å²) in [6.07, 6.45) is 5.84. The number of carbonyl (C=O) groups excluding carboxylic acids is 2. The molecule has 2 fully saturated rings. The molecule has 1 aromatic carbocycles. The van der Waals surface area contributed by atoms with Crippen LogP contribution in [0.4, 0.5) is 0 Å². The second kappa shape index (κ2) is 7.32. The van der Waals surface area contributed by atoms with E-state index in [1.54, 1.807) is 24.3 Å². The van der Waals surface area contributed by atoms with E-state index >= 15 is 0 Å². The first kappa shape index (κ1) is 18.9. The zero-order valence-corrected chi connectivity index (χ0v) is 16.7. The van der Waals surface area contributed by atoms with Crippen molar-refractivity contribution in [2.75, 3.05) is 20.2 Å². The monoisotopic (exact) mass is 408 g/mol. The first-order valence-electron chi connectivity index (χ1n) is 10.2. The fourth-order valence-corrected chi connectivity index (χ4v) is 4.84. The lowest BCUT2D eigenvalue weighted by atomic mass is 9.77. The quantitative estimate of drug-likeness (QED) is 0.708. The molecule has 2 bridgehead atoms. The molecule has 1 spiro atoms. The molecule has 0 aliphatic carbocycles. The van der Waals surface area contributed by atoms with Crippen molar-refractivity contribution in [3.05, 3.63) is 66.1 Å². The van der Waals surface area contributed by atoms with E-state index in [1.807, 2.05) is 42.5 Å². The smallest absolute Gasteiger partial charge is 0.230 e. The van der Waals surface area contributed by atoms with Crippen molar-refractivity contribution < 1.29 is 23.5 Å². The van der Waals surface area contributed by atoms with Gasteiger partial charge in [0, 0.05) is 6.54 Å². The number of hydrogen-bond acceptors (Lipinski definition) is 5. The van der Waals surface area contributed by atoms with E-state index < -0.39 is 17.4 Å². The fraction of sp³-hybridized carbons (Fsp3) is 0.391. The third-order valence-corrected chi connectivity index (χ3v) is 6.28. The predicted molar refractivity (Wildman–Crippen MR) is 108 cm³/mol. The number of nitrogens with zero attached hydrogens (tertiary/aromatic N) is 1. The maximum Gasteiger partial charge on any atom is 0.230 e. The van der Waals surface area contributed by atoms with Crippen molar-refractivity contribution in [3.8, 4) is 5.75 Å². The number of methoxy groups -OCH3 is 1. The highest BCUT2D eigenvalue weighted by Crippen LogP contribution is 2.52. The number of furan rings is 1. The van der Waals surface area contributed by atoms with Gasteiger partial charge < -0.3 is 24.1 Å². The minimum Gasteiger partial charge on any atom is -0.497 e. The van der Waals surface area contributed by atoms with Gasteiger partial charge in [0.25, 0.3) is 0 Å². The normalized spacial score (nSPS) is 28.8. The van der Waals surface area contributed by atoms with Gasteiger partial charge in [-0.3, -0.25) is 9.59 Å². The van der Waals surface area contributed by atoms with Crippen LogP contribution in [-0.4, -0.2) is 48.6 Å². The largest absolute Gasteiger partial charge is 0.497 e. The second-order valence-corrected chi connectivity index (χ2v) is 8.06. The highest BCUT2D eigenvalue weighted by atomic mass is 16.5. The van der Waals surface area contributed by atoms with Gasteiger partial charge in [-0.15, -0.1) is 0 Å². The standard InChI is InChI=1S/C23H24N2O5/c1-28-16-6-4-15(5-7-16)9-11-24-21(26)19-18-8-10-23(30-18)14-25(22(27)20(19)23)13-17-3-2-12-29-17/h2-8,10,12,18-20H,9,11,13-14H2,1H3,(H,24,26)/t18-,19+,20+,23-/m1/s1. The van der Waals surface area contributed by atoms with Crippen LogP contribution in [0.2, 0.25) is 0 Å². The Morgan fingerprint density at radius 1 is 1.30 bits per heavy atom. The van der Waals surface area contributed by atoms with Crippen LogP contribution in [-0.2, 0) is 27.3 Å². The highest BCUT2D eigenvalue weighted by Gasteiger charge is 2.66. The fourth-order valence-electron chi connectivity index (χ4n) is 4.84. The van der Waals surface area contributed by atoms with Crippen LogP contribution in [0.15, 0.2) is 59.2 Å². The van der Waals surface area contributed by atoms with Gasteiger partial charge in [0.1, 0.15) is 17.1 Å². The Hall–Kier alpha value is -3.06. The Balaban J connectivity index is 1.24. The Bertz CT molecular complexity index is 968. The molecule has 7 heteroatoms. The molecule has 1 aromatic heterocycles. The van der Waals surface area contributed by atoms with E-state index in [1.165, 1.54) is 0 Å². The molecule has 0 saturated carbocycles. The zero-order valence-electron chi connectivity index (χ0n) is 16.7. The van der Waals surface area contributed by atoms with Crippen LogP contribution in [0, 0.1) is 11.8 Å². The van der Waals surface area contributed by atoms with E-state index in [2.05, 4.69) is 5.32 Å². The summed E-state index contributed by atoms with van der Waals surface area (Å²) in [5.74, 6) is 0.367. The maximum atomic E-state index is 13.1. The minimum absolute atomic E-state index is 0.0476. The number of likely N-dealkylation sites (tertiary alicyclic amines) is 1. The van der Waals surface area contributed by atoms with Gasteiger partial charge in [-0.2, -0.15) is 0 Å². The molecule has 0 unspecified atom stereocenters. The van der Waals surface area contributed by atoms with Crippen molar-refractivity contribution in [2.24, 2.45) is 11.8 Å². The van der Waals surface area contributed by atoms with Gasteiger partial charge in [0.15, 0.2) is 0 Å². The lowest BCUT2D eigenvalue weighted by Crippen LogP contribution is -2.44. The molecule has 3 aliphatic heterocycles. The molecule has 4 heterocycles. The summed E-state index contributed by atoms with van der Waals surface area (Å²) in [5, 5.41) is 3.00. The van der Waals surface area contributed by atoms with Gasteiger partial charge in [-0.1, -0.05) is 24.3 Å². The van der Waals surface area contributed by atoms with Crippen molar-refractivity contribution in [1.82, 2.24) is 10.2 Å². The van der Waals surface area contributed by atoms with E-state index in [-0.39, 0.29) is 17.9 Å². The molecule has 1 N–H and O–H groups in total. The number of amides is 2. The summed E-state index contributed by atoms with van der Waals surface area (Å²) in [6.45, 7) is 1.33. The van der Waals surface area contributed by atoms with Crippen molar-refractivity contribution >= 4 is 11.8 Å². The number of nitrogens with one attached hydrogen (secondary N) is 1. The molecule has 2 aromatic rings. The van der Waals surface area contributed by atoms with Crippen molar-refractivity contribution in [2.45, 2.75) is 24.7 Å². The number of hydrogen-bond donors (Lipinski definition) is 1. The minimum atomic E-state index is -0.702. The van der Waals surface area contributed by atoms with Crippen LogP contribution in [0.1, 0.15) is 11.3 Å². The average Bonchev–Trinajstić information content (AvgIpc) is 3.52. The maximum absolute atomic E-state index is 13.1. The van der Waals surface area contributed by atoms with Crippen molar-refractivity contribution in [1.29, 1.82) is 0 Å². The van der Waals surface area contributed by atoms with E-state index in [9.17, 15) is 9.59 Å². The molecule has 4 atom stereocenters.